The van der Waals surface area contributed by atoms with Gasteiger partial charge in [0.25, 0.3) is 0 Å². The largest absolute Gasteiger partial charge is 0.495 e. The molecule has 0 aromatic heterocycles. The molecule has 19 heavy (non-hydrogen) atoms. The van der Waals surface area contributed by atoms with Crippen LogP contribution in [0, 0.1) is 0 Å². The summed E-state index contributed by atoms with van der Waals surface area (Å²) < 4.78 is 16.1. The molecule has 0 bridgehead atoms. The van der Waals surface area contributed by atoms with Crippen LogP contribution in [0.1, 0.15) is 19.8 Å². The molecular weight excluding hydrogens is 266 g/mol. The Kier molecular flexibility index (Phi) is 4.77. The van der Waals surface area contributed by atoms with E-state index < -0.39 is 0 Å². The predicted octanol–water partition coefficient (Wildman–Crippen LogP) is 3.34. The van der Waals surface area contributed by atoms with E-state index in [1.54, 1.807) is 20.3 Å². The van der Waals surface area contributed by atoms with Crippen LogP contribution in [0.3, 0.4) is 0 Å². The summed E-state index contributed by atoms with van der Waals surface area (Å²) in [5.74, 6) is 1.35. The minimum absolute atomic E-state index is 0.283. The van der Waals surface area contributed by atoms with Gasteiger partial charge >= 0.3 is 0 Å². The van der Waals surface area contributed by atoms with Crippen LogP contribution in [0.25, 0.3) is 0 Å². The highest BCUT2D eigenvalue weighted by Gasteiger charge is 2.21. The van der Waals surface area contributed by atoms with Gasteiger partial charge in [-0.05, 0) is 25.8 Å². The molecule has 106 valence electrons. The van der Waals surface area contributed by atoms with Gasteiger partial charge in [0.1, 0.15) is 11.5 Å². The molecule has 4 nitrogen and oxygen atoms in total. The topological polar surface area (TPSA) is 39.7 Å². The monoisotopic (exact) mass is 285 g/mol. The summed E-state index contributed by atoms with van der Waals surface area (Å²) in [5, 5.41) is 4.05. The number of hydrogen-bond donors (Lipinski definition) is 1. The lowest BCUT2D eigenvalue weighted by atomic mass is 10.0. The highest BCUT2D eigenvalue weighted by atomic mass is 35.5. The second-order valence-electron chi connectivity index (χ2n) is 4.73. The number of nitrogens with one attached hydrogen (secondary N) is 1. The van der Waals surface area contributed by atoms with Gasteiger partial charge in [-0.25, -0.2) is 0 Å². The van der Waals surface area contributed by atoms with Gasteiger partial charge in [-0.15, -0.1) is 0 Å². The highest BCUT2D eigenvalue weighted by Crippen LogP contribution is 2.36. The van der Waals surface area contributed by atoms with Crippen molar-refractivity contribution in [1.82, 2.24) is 0 Å². The number of halogens is 1. The average molecular weight is 286 g/mol. The third-order valence-electron chi connectivity index (χ3n) is 3.32. The van der Waals surface area contributed by atoms with Crippen molar-refractivity contribution in [3.8, 4) is 11.5 Å². The number of ether oxygens (including phenoxy) is 3. The predicted molar refractivity (Wildman–Crippen MR) is 76.6 cm³/mol. The van der Waals surface area contributed by atoms with Gasteiger partial charge in [0.2, 0.25) is 0 Å². The fourth-order valence-electron chi connectivity index (χ4n) is 2.32. The van der Waals surface area contributed by atoms with Crippen molar-refractivity contribution in [1.29, 1.82) is 0 Å². The molecular formula is C14H20ClNO3. The minimum atomic E-state index is 0.283. The van der Waals surface area contributed by atoms with E-state index in [2.05, 4.69) is 12.2 Å². The van der Waals surface area contributed by atoms with Crippen LogP contribution in [-0.4, -0.2) is 33.0 Å². The van der Waals surface area contributed by atoms with Crippen molar-refractivity contribution in [3.63, 3.8) is 0 Å². The smallest absolute Gasteiger partial charge is 0.145 e. The summed E-state index contributed by atoms with van der Waals surface area (Å²) in [6.45, 7) is 2.87. The number of methoxy groups -OCH3 is 2. The summed E-state index contributed by atoms with van der Waals surface area (Å²) in [7, 11) is 3.23. The third-order valence-corrected chi connectivity index (χ3v) is 3.61. The van der Waals surface area contributed by atoms with Gasteiger partial charge in [-0.1, -0.05) is 11.6 Å². The first-order chi connectivity index (χ1) is 9.13. The molecule has 0 amide bonds. The second kappa shape index (κ2) is 6.35. The average Bonchev–Trinajstić information content (AvgIpc) is 2.39. The van der Waals surface area contributed by atoms with Crippen molar-refractivity contribution in [2.45, 2.75) is 31.9 Å². The van der Waals surface area contributed by atoms with E-state index in [0.29, 0.717) is 16.8 Å². The molecule has 1 aliphatic heterocycles. The molecule has 2 atom stereocenters. The fraction of sp³-hybridized carbons (Fsp3) is 0.571. The van der Waals surface area contributed by atoms with E-state index in [9.17, 15) is 0 Å². The Balaban J connectivity index is 2.16. The number of hydrogen-bond acceptors (Lipinski definition) is 4. The zero-order chi connectivity index (χ0) is 13.8. The molecule has 0 spiro atoms. The molecule has 1 saturated heterocycles. The lowest BCUT2D eigenvalue weighted by Gasteiger charge is -2.29. The molecule has 5 heteroatoms. The van der Waals surface area contributed by atoms with Crippen LogP contribution < -0.4 is 14.8 Å². The van der Waals surface area contributed by atoms with E-state index in [1.165, 1.54) is 0 Å². The van der Waals surface area contributed by atoms with Crippen molar-refractivity contribution in [2.75, 3.05) is 26.1 Å². The van der Waals surface area contributed by atoms with E-state index in [0.717, 1.165) is 30.9 Å². The van der Waals surface area contributed by atoms with Crippen molar-refractivity contribution in [2.24, 2.45) is 0 Å². The number of rotatable bonds is 4. The van der Waals surface area contributed by atoms with Crippen molar-refractivity contribution < 1.29 is 14.2 Å². The van der Waals surface area contributed by atoms with E-state index in [-0.39, 0.29) is 6.10 Å². The zero-order valence-electron chi connectivity index (χ0n) is 11.5. The van der Waals surface area contributed by atoms with Crippen LogP contribution in [0.4, 0.5) is 5.69 Å². The molecule has 2 rings (SSSR count). The lowest BCUT2D eigenvalue weighted by molar-refractivity contribution is 0.0232. The zero-order valence-corrected chi connectivity index (χ0v) is 12.3. The van der Waals surface area contributed by atoms with E-state index in [4.69, 9.17) is 25.8 Å². The van der Waals surface area contributed by atoms with Crippen molar-refractivity contribution >= 4 is 17.3 Å². The highest BCUT2D eigenvalue weighted by molar-refractivity contribution is 6.32. The SMILES string of the molecule is COc1cc(OC)c(NC2CCOC(C)C2)cc1Cl. The Morgan fingerprint density at radius 3 is 2.63 bits per heavy atom. The standard InChI is InChI=1S/C14H20ClNO3/c1-9-6-10(4-5-19-9)16-12-7-11(15)13(17-2)8-14(12)18-3/h7-10,16H,4-6H2,1-3H3. The lowest BCUT2D eigenvalue weighted by Crippen LogP contribution is -2.32. The van der Waals surface area contributed by atoms with Gasteiger partial charge in [0.05, 0.1) is 31.0 Å². The van der Waals surface area contributed by atoms with Crippen LogP contribution >= 0.6 is 11.6 Å². The Bertz CT molecular complexity index is 439. The Labute approximate surface area is 119 Å². The molecule has 1 N–H and O–H groups in total. The van der Waals surface area contributed by atoms with Crippen LogP contribution in [0.5, 0.6) is 11.5 Å². The summed E-state index contributed by atoms with van der Waals surface area (Å²) in [4.78, 5) is 0. The van der Waals surface area contributed by atoms with Gasteiger partial charge in [0, 0.05) is 18.7 Å². The van der Waals surface area contributed by atoms with Crippen LogP contribution in [0.15, 0.2) is 12.1 Å². The molecule has 1 heterocycles. The molecule has 0 radical (unpaired) electrons. The van der Waals surface area contributed by atoms with E-state index >= 15 is 0 Å². The molecule has 1 aromatic rings. The maximum Gasteiger partial charge on any atom is 0.145 e. The molecule has 1 aliphatic rings. The van der Waals surface area contributed by atoms with Crippen molar-refractivity contribution in [3.05, 3.63) is 17.2 Å². The van der Waals surface area contributed by atoms with E-state index in [1.807, 2.05) is 6.07 Å². The summed E-state index contributed by atoms with van der Waals surface area (Å²) in [6, 6.07) is 4.02. The normalized spacial score (nSPS) is 22.9. The molecule has 1 fully saturated rings. The third kappa shape index (κ3) is 3.45. The maximum absolute atomic E-state index is 6.16. The second-order valence-corrected chi connectivity index (χ2v) is 5.14. The quantitative estimate of drug-likeness (QED) is 0.921. The number of benzene rings is 1. The number of anilines is 1. The fourth-order valence-corrected chi connectivity index (χ4v) is 2.56. The van der Waals surface area contributed by atoms with Gasteiger partial charge in [0.15, 0.2) is 0 Å². The first-order valence-corrected chi connectivity index (χ1v) is 6.81. The Morgan fingerprint density at radius 2 is 2.00 bits per heavy atom. The van der Waals surface area contributed by atoms with Crippen LogP contribution in [0.2, 0.25) is 5.02 Å². The molecule has 0 saturated carbocycles. The Morgan fingerprint density at radius 1 is 1.26 bits per heavy atom. The molecule has 0 aliphatic carbocycles. The first-order valence-electron chi connectivity index (χ1n) is 6.43. The van der Waals surface area contributed by atoms with Crippen LogP contribution in [-0.2, 0) is 4.74 Å². The molecule has 2 unspecified atom stereocenters. The summed E-state index contributed by atoms with van der Waals surface area (Å²) in [5.41, 5.74) is 0.896. The van der Waals surface area contributed by atoms with Gasteiger partial charge in [-0.3, -0.25) is 0 Å². The van der Waals surface area contributed by atoms with Gasteiger partial charge < -0.3 is 19.5 Å². The summed E-state index contributed by atoms with van der Waals surface area (Å²) in [6.07, 6.45) is 2.25. The molecule has 1 aromatic carbocycles. The maximum atomic E-state index is 6.16. The Hall–Kier alpha value is -1.13. The first kappa shape index (κ1) is 14.3. The summed E-state index contributed by atoms with van der Waals surface area (Å²) >= 11 is 6.16. The minimum Gasteiger partial charge on any atom is -0.495 e. The van der Waals surface area contributed by atoms with Gasteiger partial charge in [-0.2, -0.15) is 0 Å².